The molecule has 4 fully saturated rings. The largest absolute Gasteiger partial charge is 0.461 e. The van der Waals surface area contributed by atoms with Crippen LogP contribution < -0.4 is 20.3 Å². The summed E-state index contributed by atoms with van der Waals surface area (Å²) >= 11 is 1.52. The van der Waals surface area contributed by atoms with Crippen LogP contribution in [0.3, 0.4) is 0 Å². The molecule has 5 aliphatic rings. The maximum Gasteiger partial charge on any atom is 0.323 e. The number of β-amino-alcohol motifs (C(OH)–C–C–N with tert-alkyl or cyclic N) is 1. The van der Waals surface area contributed by atoms with Gasteiger partial charge in [-0.2, -0.15) is 20.2 Å². The van der Waals surface area contributed by atoms with Crippen LogP contribution >= 0.6 is 11.3 Å². The topological polar surface area (TPSA) is 148 Å². The highest BCUT2D eigenvalue weighted by atomic mass is 32.1. The molecule has 1 aliphatic carbocycles. The summed E-state index contributed by atoms with van der Waals surface area (Å²) in [5, 5.41) is 31.0. The second-order valence-corrected chi connectivity index (χ2v) is 13.7. The van der Waals surface area contributed by atoms with Crippen LogP contribution in [0, 0.1) is 11.3 Å². The van der Waals surface area contributed by atoms with Gasteiger partial charge in [-0.05, 0) is 44.7 Å². The molecule has 11 nitrogen and oxygen atoms in total. The summed E-state index contributed by atoms with van der Waals surface area (Å²) in [6.45, 7) is 4.90. The number of nitriles is 1. The maximum atomic E-state index is 14.3. The smallest absolute Gasteiger partial charge is 0.323 e. The van der Waals surface area contributed by atoms with E-state index in [1.54, 1.807) is 0 Å². The maximum absolute atomic E-state index is 14.3. The van der Waals surface area contributed by atoms with Crippen molar-refractivity contribution in [3.8, 4) is 12.1 Å². The zero-order valence-electron chi connectivity index (χ0n) is 22.6. The van der Waals surface area contributed by atoms with Crippen molar-refractivity contribution in [1.29, 1.82) is 5.26 Å². The highest BCUT2D eigenvalue weighted by molar-refractivity contribution is 7.16. The fourth-order valence-corrected chi connectivity index (χ4v) is 9.00. The van der Waals surface area contributed by atoms with Crippen molar-refractivity contribution < 1.29 is 19.3 Å². The van der Waals surface area contributed by atoms with E-state index < -0.39 is 17.8 Å². The Kier molecular flexibility index (Phi) is 5.95. The van der Waals surface area contributed by atoms with Crippen LogP contribution in [0.4, 0.5) is 21.3 Å². The number of nitrogens with two attached hydrogens (primary N) is 1. The summed E-state index contributed by atoms with van der Waals surface area (Å²) in [5.41, 5.74) is 6.61. The molecular formula is C27H35FN8O3S. The van der Waals surface area contributed by atoms with E-state index in [0.29, 0.717) is 61.5 Å². The number of halogens is 1. The molecular weight excluding hydrogens is 535 g/mol. The Morgan fingerprint density at radius 2 is 2.00 bits per heavy atom. The summed E-state index contributed by atoms with van der Waals surface area (Å²) in [6.07, 6.45) is 3.10. The number of hydrogen-bond acceptors (Lipinski definition) is 12. The van der Waals surface area contributed by atoms with Gasteiger partial charge in [-0.15, -0.1) is 11.3 Å². The molecule has 7 rings (SSSR count). The van der Waals surface area contributed by atoms with Crippen molar-refractivity contribution in [3.05, 3.63) is 16.0 Å². The first-order valence-corrected chi connectivity index (χ1v) is 14.9. The zero-order valence-corrected chi connectivity index (χ0v) is 23.5. The van der Waals surface area contributed by atoms with Gasteiger partial charge in [0, 0.05) is 49.3 Å². The Morgan fingerprint density at radius 3 is 2.77 bits per heavy atom. The molecule has 214 valence electrons. The van der Waals surface area contributed by atoms with E-state index in [0.717, 1.165) is 37.8 Å². The Labute approximate surface area is 236 Å². The Hall–Kier alpha value is -2.79. The van der Waals surface area contributed by atoms with Crippen LogP contribution in [-0.4, -0.2) is 99.4 Å². The standard InChI is InChI=1S/C27H35FN8O3S/c1-25(14-37)8-17(38)11-36(25)23-31-22(32-24(33-23)39-15-27-4-2-6-35(27)10-16(28)7-27)34-12-26(13-34)5-3-19-20(26)18(9-29)21(30)40-19/h16-17,37-38H,2-8,10-15,30H2,1H3/t16?,17-,25+,27+/m1/s1. The molecule has 0 radical (unpaired) electrons. The fourth-order valence-electron chi connectivity index (χ4n) is 7.86. The van der Waals surface area contributed by atoms with Crippen LogP contribution in [0.25, 0.3) is 0 Å². The molecule has 0 amide bonds. The lowest BCUT2D eigenvalue weighted by atomic mass is 9.74. The van der Waals surface area contributed by atoms with Gasteiger partial charge in [0.15, 0.2) is 0 Å². The predicted molar refractivity (Wildman–Crippen MR) is 147 cm³/mol. The number of aromatic nitrogens is 3. The first-order valence-electron chi connectivity index (χ1n) is 14.1. The summed E-state index contributed by atoms with van der Waals surface area (Å²) in [6, 6.07) is 2.48. The third-order valence-electron chi connectivity index (χ3n) is 9.88. The number of alkyl halides is 1. The van der Waals surface area contributed by atoms with E-state index in [9.17, 15) is 19.9 Å². The van der Waals surface area contributed by atoms with Gasteiger partial charge in [0.25, 0.3) is 0 Å². The number of aliphatic hydroxyl groups excluding tert-OH is 2. The van der Waals surface area contributed by atoms with Crippen LogP contribution in [0.5, 0.6) is 6.01 Å². The lowest BCUT2D eigenvalue weighted by Gasteiger charge is -2.48. The number of nitrogens with zero attached hydrogens (tertiary/aromatic N) is 7. The summed E-state index contributed by atoms with van der Waals surface area (Å²) < 4.78 is 20.6. The van der Waals surface area contributed by atoms with Gasteiger partial charge in [0.05, 0.1) is 29.4 Å². The van der Waals surface area contributed by atoms with Gasteiger partial charge in [0.2, 0.25) is 11.9 Å². The van der Waals surface area contributed by atoms with Gasteiger partial charge in [0.1, 0.15) is 23.8 Å². The van der Waals surface area contributed by atoms with Crippen LogP contribution in [0.15, 0.2) is 0 Å². The van der Waals surface area contributed by atoms with Crippen LogP contribution in [-0.2, 0) is 11.8 Å². The first kappa shape index (κ1) is 26.1. The van der Waals surface area contributed by atoms with Gasteiger partial charge in [-0.1, -0.05) is 0 Å². The number of aryl methyl sites for hydroxylation is 1. The number of nitrogen functional groups attached to an aromatic ring is 1. The molecule has 4 aliphatic heterocycles. The number of ether oxygens (including phenoxy) is 1. The first-order chi connectivity index (χ1) is 19.2. The Balaban J connectivity index is 1.19. The molecule has 0 saturated carbocycles. The van der Waals surface area contributed by atoms with Gasteiger partial charge in [-0.3, -0.25) is 4.90 Å². The second-order valence-electron chi connectivity index (χ2n) is 12.6. The third kappa shape index (κ3) is 3.87. The average molecular weight is 571 g/mol. The molecule has 1 unspecified atom stereocenters. The van der Waals surface area contributed by atoms with Crippen LogP contribution in [0.2, 0.25) is 0 Å². The van der Waals surface area contributed by atoms with Crippen LogP contribution in [0.1, 0.15) is 55.0 Å². The van der Waals surface area contributed by atoms with Gasteiger partial charge < -0.3 is 30.5 Å². The summed E-state index contributed by atoms with van der Waals surface area (Å²) in [7, 11) is 0. The number of fused-ring (bicyclic) bond motifs is 3. The fraction of sp³-hybridized carbons (Fsp3) is 0.704. The number of rotatable bonds is 6. The van der Waals surface area contributed by atoms with E-state index in [4.69, 9.17) is 20.4 Å². The second kappa shape index (κ2) is 9.11. The molecule has 2 aromatic rings. The average Bonchev–Trinajstić information content (AvgIpc) is 3.67. The molecule has 4 atom stereocenters. The van der Waals surface area contributed by atoms with Crippen molar-refractivity contribution in [2.75, 3.05) is 61.5 Å². The quantitative estimate of drug-likeness (QED) is 0.462. The molecule has 4 saturated heterocycles. The molecule has 2 aromatic heterocycles. The minimum Gasteiger partial charge on any atom is -0.461 e. The lowest BCUT2D eigenvalue weighted by Crippen LogP contribution is -2.59. The van der Waals surface area contributed by atoms with Crippen molar-refractivity contribution in [3.63, 3.8) is 0 Å². The highest BCUT2D eigenvalue weighted by Crippen LogP contribution is 2.52. The number of aliphatic hydroxyl groups is 2. The van der Waals surface area contributed by atoms with Crippen molar-refractivity contribution >= 4 is 28.2 Å². The van der Waals surface area contributed by atoms with E-state index in [1.165, 1.54) is 16.2 Å². The molecule has 6 heterocycles. The Morgan fingerprint density at radius 1 is 1.20 bits per heavy atom. The molecule has 40 heavy (non-hydrogen) atoms. The van der Waals surface area contributed by atoms with Crippen molar-refractivity contribution in [2.45, 2.75) is 74.2 Å². The normalized spacial score (nSPS) is 32.4. The predicted octanol–water partition coefficient (Wildman–Crippen LogP) is 1.37. The molecule has 1 spiro atoms. The molecule has 0 aromatic carbocycles. The van der Waals surface area contributed by atoms with E-state index in [1.807, 2.05) is 11.8 Å². The van der Waals surface area contributed by atoms with Gasteiger partial charge in [-0.25, -0.2) is 4.39 Å². The van der Waals surface area contributed by atoms with E-state index >= 15 is 0 Å². The number of thiophene rings is 1. The number of anilines is 3. The monoisotopic (exact) mass is 570 g/mol. The van der Waals surface area contributed by atoms with Crippen molar-refractivity contribution in [2.24, 2.45) is 0 Å². The SMILES string of the molecule is C[C@@]1(CO)C[C@@H](O)CN1c1nc(OC[C@@]23CCCN2CC(F)C3)nc(N2CC3(CCc4sc(N)c(C#N)c43)C2)n1. The molecule has 13 heteroatoms. The Bertz CT molecular complexity index is 1380. The zero-order chi connectivity index (χ0) is 27.9. The molecule has 4 N–H and O–H groups in total. The van der Waals surface area contributed by atoms with E-state index in [-0.39, 0.29) is 30.1 Å². The third-order valence-corrected chi connectivity index (χ3v) is 11.0. The minimum atomic E-state index is -0.859. The number of hydrogen-bond donors (Lipinski definition) is 3. The van der Waals surface area contributed by atoms with Gasteiger partial charge >= 0.3 is 6.01 Å². The van der Waals surface area contributed by atoms with Crippen molar-refractivity contribution in [1.82, 2.24) is 19.9 Å². The molecule has 0 bridgehead atoms. The summed E-state index contributed by atoms with van der Waals surface area (Å²) in [4.78, 5) is 21.4. The highest BCUT2D eigenvalue weighted by Gasteiger charge is 2.53. The summed E-state index contributed by atoms with van der Waals surface area (Å²) in [5.74, 6) is 0.798. The lowest BCUT2D eigenvalue weighted by molar-refractivity contribution is 0.107. The minimum absolute atomic E-state index is 0.158. The van der Waals surface area contributed by atoms with E-state index in [2.05, 4.69) is 20.9 Å².